The Labute approximate surface area is 177 Å². The second-order valence-electron chi connectivity index (χ2n) is 9.01. The maximum absolute atomic E-state index is 13.3. The molecule has 0 unspecified atom stereocenters. The molecule has 1 aliphatic heterocycles. The molecule has 2 amide bonds. The molecule has 5 heteroatoms. The molecule has 29 heavy (non-hydrogen) atoms. The molecule has 2 fully saturated rings. The SMILES string of the molecule is C[C@@H]1C[C@@H]1C(=O)N1CCC[C@@](Cc2ccc(-c3cccs3)cc2)(C(=O)N(C)C)C1. The van der Waals surface area contributed by atoms with Crippen molar-refractivity contribution in [3.63, 3.8) is 0 Å². The third-order valence-electron chi connectivity index (χ3n) is 6.48. The van der Waals surface area contributed by atoms with Crippen molar-refractivity contribution in [1.82, 2.24) is 9.80 Å². The van der Waals surface area contributed by atoms with Gasteiger partial charge in [0.15, 0.2) is 0 Å². The van der Waals surface area contributed by atoms with Crippen LogP contribution in [0.4, 0.5) is 0 Å². The third-order valence-corrected chi connectivity index (χ3v) is 7.40. The van der Waals surface area contributed by atoms with Crippen LogP contribution in [-0.4, -0.2) is 48.8 Å². The molecule has 154 valence electrons. The van der Waals surface area contributed by atoms with Crippen molar-refractivity contribution in [1.29, 1.82) is 0 Å². The molecule has 2 aliphatic rings. The average Bonchev–Trinajstić information content (AvgIpc) is 3.21. The van der Waals surface area contributed by atoms with Gasteiger partial charge in [-0.25, -0.2) is 0 Å². The van der Waals surface area contributed by atoms with Crippen molar-refractivity contribution < 1.29 is 9.59 Å². The minimum atomic E-state index is -0.528. The van der Waals surface area contributed by atoms with Crippen LogP contribution in [0.3, 0.4) is 0 Å². The number of hydrogen-bond donors (Lipinski definition) is 0. The van der Waals surface area contributed by atoms with E-state index in [2.05, 4.69) is 48.7 Å². The maximum atomic E-state index is 13.3. The molecule has 1 saturated carbocycles. The number of rotatable bonds is 5. The van der Waals surface area contributed by atoms with Crippen LogP contribution in [0.15, 0.2) is 41.8 Å². The van der Waals surface area contributed by atoms with Crippen molar-refractivity contribution in [2.45, 2.75) is 32.6 Å². The first-order chi connectivity index (χ1) is 13.9. The van der Waals surface area contributed by atoms with Crippen molar-refractivity contribution in [3.8, 4) is 10.4 Å². The summed E-state index contributed by atoms with van der Waals surface area (Å²) in [5, 5.41) is 2.09. The molecule has 1 aromatic carbocycles. The van der Waals surface area contributed by atoms with Gasteiger partial charge in [0.05, 0.1) is 5.41 Å². The molecule has 0 bridgehead atoms. The fourth-order valence-electron chi connectivity index (χ4n) is 4.71. The summed E-state index contributed by atoms with van der Waals surface area (Å²) >= 11 is 1.73. The lowest BCUT2D eigenvalue weighted by molar-refractivity contribution is -0.147. The average molecular weight is 411 g/mol. The Hall–Kier alpha value is -2.14. The second kappa shape index (κ2) is 7.94. The molecular weight excluding hydrogens is 380 g/mol. The number of likely N-dealkylation sites (tertiary alicyclic amines) is 1. The lowest BCUT2D eigenvalue weighted by Crippen LogP contribution is -2.54. The first-order valence-electron chi connectivity index (χ1n) is 10.5. The number of thiophene rings is 1. The number of piperidine rings is 1. The minimum absolute atomic E-state index is 0.140. The molecule has 2 aromatic rings. The van der Waals surface area contributed by atoms with Crippen molar-refractivity contribution >= 4 is 23.2 Å². The number of benzene rings is 1. The fourth-order valence-corrected chi connectivity index (χ4v) is 5.44. The summed E-state index contributed by atoms with van der Waals surface area (Å²) in [6.07, 6.45) is 3.40. The van der Waals surface area contributed by atoms with Gasteiger partial charge >= 0.3 is 0 Å². The van der Waals surface area contributed by atoms with Crippen LogP contribution < -0.4 is 0 Å². The van der Waals surface area contributed by atoms with Gasteiger partial charge < -0.3 is 9.80 Å². The van der Waals surface area contributed by atoms with E-state index in [1.807, 2.05) is 19.0 Å². The summed E-state index contributed by atoms with van der Waals surface area (Å²) in [6.45, 7) is 3.46. The normalized spacial score (nSPS) is 26.2. The first-order valence-corrected chi connectivity index (χ1v) is 11.4. The zero-order valence-electron chi connectivity index (χ0n) is 17.6. The molecule has 1 aromatic heterocycles. The van der Waals surface area contributed by atoms with Gasteiger partial charge in [-0.3, -0.25) is 9.59 Å². The van der Waals surface area contributed by atoms with Gasteiger partial charge in [0.25, 0.3) is 0 Å². The van der Waals surface area contributed by atoms with Gasteiger partial charge in [0.1, 0.15) is 0 Å². The number of hydrogen-bond acceptors (Lipinski definition) is 3. The summed E-state index contributed by atoms with van der Waals surface area (Å²) in [4.78, 5) is 31.1. The Morgan fingerprint density at radius 2 is 1.93 bits per heavy atom. The fraction of sp³-hybridized carbons (Fsp3) is 0.500. The molecule has 4 rings (SSSR count). The van der Waals surface area contributed by atoms with Crippen LogP contribution in [0.1, 0.15) is 31.7 Å². The lowest BCUT2D eigenvalue weighted by atomic mass is 9.73. The third kappa shape index (κ3) is 4.11. The standard InChI is InChI=1S/C24H30N2O2S/c1-17-14-20(17)22(27)26-12-5-11-24(16-26,23(28)25(2)3)15-18-7-9-19(10-8-18)21-6-4-13-29-21/h4,6-10,13,17,20H,5,11-12,14-16H2,1-3H3/t17-,20+,24+/m1/s1. The number of nitrogens with zero attached hydrogens (tertiary/aromatic N) is 2. The van der Waals surface area contributed by atoms with Crippen LogP contribution in [0.2, 0.25) is 0 Å². The molecular formula is C24H30N2O2S. The van der Waals surface area contributed by atoms with Crippen molar-refractivity contribution in [2.75, 3.05) is 27.2 Å². The number of carbonyl (C=O) groups excluding carboxylic acids is 2. The monoisotopic (exact) mass is 410 g/mol. The zero-order chi connectivity index (χ0) is 20.6. The quantitative estimate of drug-likeness (QED) is 0.737. The summed E-state index contributed by atoms with van der Waals surface area (Å²) in [5.74, 6) is 1.06. The van der Waals surface area contributed by atoms with Gasteiger partial charge in [-0.05, 0) is 54.2 Å². The molecule has 1 saturated heterocycles. The summed E-state index contributed by atoms with van der Waals surface area (Å²) in [6, 6.07) is 12.8. The van der Waals surface area contributed by atoms with E-state index in [4.69, 9.17) is 0 Å². The predicted molar refractivity (Wildman–Crippen MR) is 118 cm³/mol. The van der Waals surface area contributed by atoms with Crippen LogP contribution in [0, 0.1) is 17.3 Å². The minimum Gasteiger partial charge on any atom is -0.348 e. The zero-order valence-corrected chi connectivity index (χ0v) is 18.4. The van der Waals surface area contributed by atoms with E-state index in [0.717, 1.165) is 31.4 Å². The van der Waals surface area contributed by atoms with E-state index >= 15 is 0 Å². The lowest BCUT2D eigenvalue weighted by Gasteiger charge is -2.43. The maximum Gasteiger partial charge on any atom is 0.230 e. The van der Waals surface area contributed by atoms with Gasteiger partial charge in [-0.15, -0.1) is 11.3 Å². The van der Waals surface area contributed by atoms with Gasteiger partial charge in [0, 0.05) is 38.0 Å². The van der Waals surface area contributed by atoms with Crippen LogP contribution >= 0.6 is 11.3 Å². The van der Waals surface area contributed by atoms with Gasteiger partial charge in [-0.1, -0.05) is 37.3 Å². The summed E-state index contributed by atoms with van der Waals surface area (Å²) in [7, 11) is 3.65. The van der Waals surface area contributed by atoms with Crippen molar-refractivity contribution in [2.24, 2.45) is 17.3 Å². The summed E-state index contributed by atoms with van der Waals surface area (Å²) < 4.78 is 0. The molecule has 0 spiro atoms. The highest BCUT2D eigenvalue weighted by Gasteiger charge is 2.48. The largest absolute Gasteiger partial charge is 0.348 e. The highest BCUT2D eigenvalue weighted by atomic mass is 32.1. The molecule has 1 aliphatic carbocycles. The Morgan fingerprint density at radius 1 is 1.21 bits per heavy atom. The topological polar surface area (TPSA) is 40.6 Å². The second-order valence-corrected chi connectivity index (χ2v) is 9.96. The molecule has 3 atom stereocenters. The van der Waals surface area contributed by atoms with E-state index in [9.17, 15) is 9.59 Å². The Morgan fingerprint density at radius 3 is 2.52 bits per heavy atom. The van der Waals surface area contributed by atoms with Gasteiger partial charge in [-0.2, -0.15) is 0 Å². The van der Waals surface area contributed by atoms with Crippen LogP contribution in [-0.2, 0) is 16.0 Å². The molecule has 4 nitrogen and oxygen atoms in total. The molecule has 0 radical (unpaired) electrons. The van der Waals surface area contributed by atoms with E-state index in [1.165, 1.54) is 10.4 Å². The highest BCUT2D eigenvalue weighted by Crippen LogP contribution is 2.42. The Balaban J connectivity index is 1.56. The van der Waals surface area contributed by atoms with Gasteiger partial charge in [0.2, 0.25) is 11.8 Å². The van der Waals surface area contributed by atoms with E-state index in [1.54, 1.807) is 16.2 Å². The summed E-state index contributed by atoms with van der Waals surface area (Å²) in [5.41, 5.74) is 1.84. The van der Waals surface area contributed by atoms with E-state index in [-0.39, 0.29) is 17.7 Å². The first kappa shape index (κ1) is 20.1. The van der Waals surface area contributed by atoms with Crippen LogP contribution in [0.25, 0.3) is 10.4 Å². The van der Waals surface area contributed by atoms with E-state index < -0.39 is 5.41 Å². The number of carbonyl (C=O) groups is 2. The van der Waals surface area contributed by atoms with Crippen LogP contribution in [0.5, 0.6) is 0 Å². The van der Waals surface area contributed by atoms with E-state index in [0.29, 0.717) is 18.9 Å². The number of amides is 2. The smallest absolute Gasteiger partial charge is 0.230 e. The highest BCUT2D eigenvalue weighted by molar-refractivity contribution is 7.13. The Bertz CT molecular complexity index is 875. The Kier molecular flexibility index (Phi) is 5.52. The van der Waals surface area contributed by atoms with Crippen molar-refractivity contribution in [3.05, 3.63) is 47.3 Å². The molecule has 0 N–H and O–H groups in total. The molecule has 2 heterocycles. The predicted octanol–water partition coefficient (Wildman–Crippen LogP) is 4.31.